The van der Waals surface area contributed by atoms with E-state index in [1.807, 2.05) is 6.07 Å². The molecule has 1 aromatic heterocycles. The lowest BCUT2D eigenvalue weighted by atomic mass is 10.2. The van der Waals surface area contributed by atoms with Gasteiger partial charge in [-0.1, -0.05) is 23.7 Å². The van der Waals surface area contributed by atoms with E-state index in [-0.39, 0.29) is 0 Å². The molecule has 0 fully saturated rings. The molecule has 0 aliphatic heterocycles. The second kappa shape index (κ2) is 5.71. The van der Waals surface area contributed by atoms with E-state index in [4.69, 9.17) is 26.8 Å². The van der Waals surface area contributed by atoms with Crippen molar-refractivity contribution in [3.63, 3.8) is 0 Å². The highest BCUT2D eigenvalue weighted by molar-refractivity contribution is 6.32. The highest BCUT2D eigenvalue weighted by atomic mass is 35.5. The van der Waals surface area contributed by atoms with Gasteiger partial charge < -0.3 is 15.2 Å². The lowest BCUT2D eigenvalue weighted by Crippen LogP contribution is -1.96. The smallest absolute Gasteiger partial charge is 0.222 e. The molecule has 0 atom stereocenters. The van der Waals surface area contributed by atoms with Gasteiger partial charge in [-0.15, -0.1) is 0 Å². The minimum Gasteiger partial charge on any atom is -0.481 e. The highest BCUT2D eigenvalue weighted by Crippen LogP contribution is 2.29. The van der Waals surface area contributed by atoms with Gasteiger partial charge in [-0.25, -0.2) is 0 Å². The fourth-order valence-electron chi connectivity index (χ4n) is 1.43. The Bertz CT molecular complexity index is 546. The third-order valence-corrected chi connectivity index (χ3v) is 2.65. The minimum absolute atomic E-state index is 0.428. The molecule has 0 spiro atoms. The maximum absolute atomic E-state index is 6.09. The minimum atomic E-state index is 0.428. The number of halogens is 1. The molecular weight excluding hydrogens is 252 g/mol. The third kappa shape index (κ3) is 2.91. The Labute approximate surface area is 110 Å². The molecule has 94 valence electrons. The number of hydrogen-bond donors (Lipinski definition) is 1. The van der Waals surface area contributed by atoms with Crippen molar-refractivity contribution in [1.29, 1.82) is 0 Å². The van der Waals surface area contributed by atoms with Crippen LogP contribution < -0.4 is 15.2 Å². The number of nitrogens with zero attached hydrogens (tertiary/aromatic N) is 1. The van der Waals surface area contributed by atoms with Gasteiger partial charge in [0.1, 0.15) is 5.75 Å². The molecule has 0 aliphatic rings. The summed E-state index contributed by atoms with van der Waals surface area (Å²) in [4.78, 5) is 4.14. The van der Waals surface area contributed by atoms with Crippen LogP contribution in [0.3, 0.4) is 0 Å². The fraction of sp³-hybridized carbons (Fsp3) is 0.154. The first-order valence-electron chi connectivity index (χ1n) is 5.40. The van der Waals surface area contributed by atoms with Crippen molar-refractivity contribution >= 4 is 11.6 Å². The first-order chi connectivity index (χ1) is 8.72. The molecular formula is C13H13ClN2O2. The van der Waals surface area contributed by atoms with E-state index in [9.17, 15) is 0 Å². The Morgan fingerprint density at radius 2 is 2.00 bits per heavy atom. The van der Waals surface area contributed by atoms with Gasteiger partial charge in [-0.3, -0.25) is 0 Å². The van der Waals surface area contributed by atoms with Crippen LogP contribution in [0.2, 0.25) is 5.02 Å². The van der Waals surface area contributed by atoms with E-state index in [0.717, 1.165) is 5.56 Å². The maximum Gasteiger partial charge on any atom is 0.222 e. The summed E-state index contributed by atoms with van der Waals surface area (Å²) in [7, 11) is 1.55. The summed E-state index contributed by atoms with van der Waals surface area (Å²) in [6.07, 6.45) is 0. The lowest BCUT2D eigenvalue weighted by molar-refractivity contribution is 0.383. The summed E-state index contributed by atoms with van der Waals surface area (Å²) in [5.74, 6) is 1.45. The van der Waals surface area contributed by atoms with E-state index in [0.29, 0.717) is 29.1 Å². The molecule has 4 nitrogen and oxygen atoms in total. The molecule has 0 saturated heterocycles. The van der Waals surface area contributed by atoms with Crippen LogP contribution in [0.1, 0.15) is 5.56 Å². The van der Waals surface area contributed by atoms with Gasteiger partial charge in [0.2, 0.25) is 11.8 Å². The van der Waals surface area contributed by atoms with Crippen LogP contribution in [0.25, 0.3) is 0 Å². The van der Waals surface area contributed by atoms with Crippen LogP contribution in [0.4, 0.5) is 0 Å². The number of ether oxygens (including phenoxy) is 2. The summed E-state index contributed by atoms with van der Waals surface area (Å²) >= 11 is 6.09. The van der Waals surface area contributed by atoms with Crippen LogP contribution in [-0.2, 0) is 6.54 Å². The number of nitrogens with two attached hydrogens (primary N) is 1. The van der Waals surface area contributed by atoms with Gasteiger partial charge in [0.25, 0.3) is 0 Å². The summed E-state index contributed by atoms with van der Waals surface area (Å²) < 4.78 is 10.6. The van der Waals surface area contributed by atoms with Crippen molar-refractivity contribution < 1.29 is 9.47 Å². The zero-order valence-corrected chi connectivity index (χ0v) is 10.6. The predicted molar refractivity (Wildman–Crippen MR) is 70.2 cm³/mol. The second-order valence-corrected chi connectivity index (χ2v) is 4.00. The molecule has 0 bridgehead atoms. The molecule has 1 heterocycles. The summed E-state index contributed by atoms with van der Waals surface area (Å²) in [6.45, 7) is 0.442. The Kier molecular flexibility index (Phi) is 4.02. The van der Waals surface area contributed by atoms with Crippen molar-refractivity contribution in [2.24, 2.45) is 5.73 Å². The quantitative estimate of drug-likeness (QED) is 0.922. The second-order valence-electron chi connectivity index (χ2n) is 3.59. The normalized spacial score (nSPS) is 10.2. The predicted octanol–water partition coefficient (Wildman–Crippen LogP) is 2.99. The monoisotopic (exact) mass is 264 g/mol. The average Bonchev–Trinajstić information content (AvgIpc) is 2.41. The Hall–Kier alpha value is -1.78. The molecule has 0 unspecified atom stereocenters. The zero-order valence-electron chi connectivity index (χ0n) is 9.89. The largest absolute Gasteiger partial charge is 0.481 e. The first kappa shape index (κ1) is 12.7. The van der Waals surface area contributed by atoms with Gasteiger partial charge in [0.05, 0.1) is 12.1 Å². The van der Waals surface area contributed by atoms with Gasteiger partial charge in [0.15, 0.2) is 0 Å². The Morgan fingerprint density at radius 1 is 1.22 bits per heavy atom. The van der Waals surface area contributed by atoms with Gasteiger partial charge in [-0.2, -0.15) is 4.98 Å². The van der Waals surface area contributed by atoms with E-state index in [1.54, 1.807) is 37.4 Å². The Morgan fingerprint density at radius 3 is 2.67 bits per heavy atom. The molecule has 5 heteroatoms. The first-order valence-corrected chi connectivity index (χ1v) is 5.78. The van der Waals surface area contributed by atoms with Gasteiger partial charge in [0, 0.05) is 18.7 Å². The molecule has 0 aliphatic carbocycles. The van der Waals surface area contributed by atoms with Crippen LogP contribution in [0.15, 0.2) is 36.4 Å². The molecule has 0 amide bonds. The average molecular weight is 265 g/mol. The number of hydrogen-bond acceptors (Lipinski definition) is 4. The highest BCUT2D eigenvalue weighted by Gasteiger charge is 2.05. The molecule has 2 rings (SSSR count). The van der Waals surface area contributed by atoms with Crippen molar-refractivity contribution in [3.8, 4) is 17.5 Å². The van der Waals surface area contributed by atoms with E-state index in [1.165, 1.54) is 0 Å². The SMILES string of the molecule is COc1cccc(Oc2ccc(CN)cc2Cl)n1. The number of methoxy groups -OCH3 is 1. The fourth-order valence-corrected chi connectivity index (χ4v) is 1.67. The van der Waals surface area contributed by atoms with Crippen LogP contribution in [-0.4, -0.2) is 12.1 Å². The molecule has 0 radical (unpaired) electrons. The Balaban J connectivity index is 2.22. The zero-order chi connectivity index (χ0) is 13.0. The number of benzene rings is 1. The molecule has 2 aromatic rings. The van der Waals surface area contributed by atoms with Crippen LogP contribution >= 0.6 is 11.6 Å². The molecule has 1 aromatic carbocycles. The summed E-state index contributed by atoms with van der Waals surface area (Å²) in [5, 5.41) is 0.502. The molecule has 2 N–H and O–H groups in total. The van der Waals surface area contributed by atoms with Crippen LogP contribution in [0, 0.1) is 0 Å². The number of rotatable bonds is 4. The topological polar surface area (TPSA) is 57.4 Å². The summed E-state index contributed by atoms with van der Waals surface area (Å²) in [5.41, 5.74) is 6.48. The van der Waals surface area contributed by atoms with E-state index >= 15 is 0 Å². The van der Waals surface area contributed by atoms with Crippen molar-refractivity contribution in [3.05, 3.63) is 47.0 Å². The van der Waals surface area contributed by atoms with Crippen molar-refractivity contribution in [2.45, 2.75) is 6.54 Å². The molecule has 18 heavy (non-hydrogen) atoms. The molecule has 0 saturated carbocycles. The van der Waals surface area contributed by atoms with Gasteiger partial charge >= 0.3 is 0 Å². The number of pyridine rings is 1. The lowest BCUT2D eigenvalue weighted by Gasteiger charge is -2.08. The van der Waals surface area contributed by atoms with Crippen molar-refractivity contribution in [2.75, 3.05) is 7.11 Å². The van der Waals surface area contributed by atoms with E-state index in [2.05, 4.69) is 4.98 Å². The van der Waals surface area contributed by atoms with Crippen LogP contribution in [0.5, 0.6) is 17.5 Å². The maximum atomic E-state index is 6.09. The standard InChI is InChI=1S/C13H13ClN2O2/c1-17-12-3-2-4-13(16-12)18-11-6-5-9(8-15)7-10(11)14/h2-7H,8,15H2,1H3. The van der Waals surface area contributed by atoms with E-state index < -0.39 is 0 Å². The third-order valence-electron chi connectivity index (χ3n) is 2.35. The van der Waals surface area contributed by atoms with Crippen molar-refractivity contribution in [1.82, 2.24) is 4.98 Å². The summed E-state index contributed by atoms with van der Waals surface area (Å²) in [6, 6.07) is 10.7. The van der Waals surface area contributed by atoms with Gasteiger partial charge in [-0.05, 0) is 17.7 Å². The number of aromatic nitrogens is 1.